The summed E-state index contributed by atoms with van der Waals surface area (Å²) in [4.78, 5) is 24.7. The molecule has 36 heavy (non-hydrogen) atoms. The second-order valence-electron chi connectivity index (χ2n) is 8.40. The number of phosphoric acid groups is 1. The van der Waals surface area contributed by atoms with Crippen LogP contribution in [0, 0.1) is 5.92 Å². The first-order chi connectivity index (χ1) is 17.2. The van der Waals surface area contributed by atoms with Crippen LogP contribution in [0.1, 0.15) is 45.6 Å². The van der Waals surface area contributed by atoms with Gasteiger partial charge >= 0.3 is 13.8 Å². The molecular formula is C26H40NO8P. The minimum absolute atomic E-state index is 0.0653. The SMILES string of the molecule is C/C=C(\C=C/C=NCCOP(=O)(O)OCC(COCC(C)C)OCCCCC(=O)O)c1ccccc1. The largest absolute Gasteiger partial charge is 0.481 e. The molecule has 0 aliphatic rings. The first-order valence-electron chi connectivity index (χ1n) is 12.1. The third-order valence-corrected chi connectivity index (χ3v) is 5.66. The van der Waals surface area contributed by atoms with Crippen LogP contribution >= 0.6 is 7.82 Å². The van der Waals surface area contributed by atoms with E-state index in [0.717, 1.165) is 11.1 Å². The van der Waals surface area contributed by atoms with Gasteiger partial charge in [-0.15, -0.1) is 0 Å². The van der Waals surface area contributed by atoms with Gasteiger partial charge in [0, 0.05) is 25.8 Å². The number of ether oxygens (including phenoxy) is 2. The summed E-state index contributed by atoms with van der Waals surface area (Å²) < 4.78 is 33.5. The number of carbonyl (C=O) groups is 1. The lowest BCUT2D eigenvalue weighted by atomic mass is 10.1. The van der Waals surface area contributed by atoms with Gasteiger partial charge < -0.3 is 19.5 Å². The highest BCUT2D eigenvalue weighted by Gasteiger charge is 2.23. The average molecular weight is 526 g/mol. The van der Waals surface area contributed by atoms with E-state index in [1.807, 2.05) is 63.3 Å². The van der Waals surface area contributed by atoms with Crippen LogP contribution in [0.3, 0.4) is 0 Å². The van der Waals surface area contributed by atoms with Crippen molar-refractivity contribution >= 4 is 25.6 Å². The third-order valence-electron chi connectivity index (χ3n) is 4.68. The number of hydrogen-bond acceptors (Lipinski definition) is 7. The summed E-state index contributed by atoms with van der Waals surface area (Å²) in [6.07, 6.45) is 7.86. The molecule has 0 aromatic heterocycles. The predicted molar refractivity (Wildman–Crippen MR) is 141 cm³/mol. The van der Waals surface area contributed by atoms with Crippen molar-refractivity contribution in [2.24, 2.45) is 10.9 Å². The van der Waals surface area contributed by atoms with Crippen LogP contribution < -0.4 is 0 Å². The average Bonchev–Trinajstić information content (AvgIpc) is 2.83. The van der Waals surface area contributed by atoms with Crippen molar-refractivity contribution in [2.75, 3.05) is 39.6 Å². The Hall–Kier alpha value is -2.13. The van der Waals surface area contributed by atoms with E-state index in [0.29, 0.717) is 32.0 Å². The van der Waals surface area contributed by atoms with Crippen LogP contribution in [0.15, 0.2) is 53.6 Å². The zero-order valence-corrected chi connectivity index (χ0v) is 22.3. The Morgan fingerprint density at radius 3 is 2.50 bits per heavy atom. The number of aliphatic carboxylic acids is 1. The van der Waals surface area contributed by atoms with Crippen LogP contribution in [0.4, 0.5) is 0 Å². The molecule has 0 radical (unpaired) electrons. The normalized spacial score (nSPS) is 15.1. The van der Waals surface area contributed by atoms with Gasteiger partial charge in [0.2, 0.25) is 0 Å². The molecule has 10 heteroatoms. The van der Waals surface area contributed by atoms with Gasteiger partial charge in [0.15, 0.2) is 0 Å². The molecule has 2 unspecified atom stereocenters. The van der Waals surface area contributed by atoms with E-state index < -0.39 is 19.9 Å². The molecule has 0 heterocycles. The van der Waals surface area contributed by atoms with Crippen molar-refractivity contribution in [3.05, 3.63) is 54.1 Å². The lowest BCUT2D eigenvalue weighted by Crippen LogP contribution is -2.27. The Labute approximate surface area is 214 Å². The molecule has 0 spiro atoms. The Balaban J connectivity index is 2.39. The molecule has 1 aromatic carbocycles. The molecule has 0 bridgehead atoms. The third kappa shape index (κ3) is 16.5. The summed E-state index contributed by atoms with van der Waals surface area (Å²) in [7, 11) is -4.29. The van der Waals surface area contributed by atoms with E-state index in [-0.39, 0.29) is 32.8 Å². The summed E-state index contributed by atoms with van der Waals surface area (Å²) in [5, 5.41) is 8.70. The molecule has 2 N–H and O–H groups in total. The van der Waals surface area contributed by atoms with Gasteiger partial charge in [0.05, 0.1) is 26.4 Å². The molecule has 1 rings (SSSR count). The van der Waals surface area contributed by atoms with Gasteiger partial charge in [0.25, 0.3) is 0 Å². The van der Waals surface area contributed by atoms with Crippen LogP contribution in [0.2, 0.25) is 0 Å². The van der Waals surface area contributed by atoms with E-state index in [2.05, 4.69) is 4.99 Å². The zero-order chi connectivity index (χ0) is 26.7. The summed E-state index contributed by atoms with van der Waals surface area (Å²) in [5.41, 5.74) is 2.16. The van der Waals surface area contributed by atoms with Gasteiger partial charge in [-0.1, -0.05) is 56.3 Å². The molecule has 1 aromatic rings. The van der Waals surface area contributed by atoms with E-state index in [4.69, 9.17) is 23.6 Å². The summed E-state index contributed by atoms with van der Waals surface area (Å²) >= 11 is 0. The topological polar surface area (TPSA) is 124 Å². The Morgan fingerprint density at radius 2 is 1.83 bits per heavy atom. The molecule has 0 saturated heterocycles. The van der Waals surface area contributed by atoms with E-state index in [1.54, 1.807) is 12.3 Å². The highest BCUT2D eigenvalue weighted by atomic mass is 31.2. The van der Waals surface area contributed by atoms with Crippen LogP contribution in [0.5, 0.6) is 0 Å². The number of carboxylic acids is 1. The van der Waals surface area contributed by atoms with Crippen LogP contribution in [-0.2, 0) is 27.9 Å². The number of aliphatic imine (C=N–C) groups is 1. The number of hydrogen-bond donors (Lipinski definition) is 2. The van der Waals surface area contributed by atoms with Crippen molar-refractivity contribution in [3.63, 3.8) is 0 Å². The molecule has 202 valence electrons. The molecular weight excluding hydrogens is 485 g/mol. The summed E-state index contributed by atoms with van der Waals surface area (Å²) in [5.74, 6) is -0.531. The van der Waals surface area contributed by atoms with E-state index in [9.17, 15) is 14.3 Å². The molecule has 0 amide bonds. The van der Waals surface area contributed by atoms with Crippen molar-refractivity contribution in [2.45, 2.75) is 46.1 Å². The fourth-order valence-corrected chi connectivity index (χ4v) is 3.64. The second-order valence-corrected chi connectivity index (χ2v) is 9.85. The quantitative estimate of drug-likeness (QED) is 0.104. The van der Waals surface area contributed by atoms with Gasteiger partial charge in [-0.3, -0.25) is 18.8 Å². The highest BCUT2D eigenvalue weighted by Crippen LogP contribution is 2.43. The molecule has 0 aliphatic carbocycles. The minimum atomic E-state index is -4.29. The van der Waals surface area contributed by atoms with E-state index in [1.165, 1.54) is 0 Å². The van der Waals surface area contributed by atoms with Gasteiger partial charge in [-0.2, -0.15) is 0 Å². The van der Waals surface area contributed by atoms with Crippen molar-refractivity contribution in [1.82, 2.24) is 0 Å². The maximum atomic E-state index is 12.2. The number of benzene rings is 1. The Kier molecular flexibility index (Phi) is 16.9. The van der Waals surface area contributed by atoms with Gasteiger partial charge in [-0.05, 0) is 42.9 Å². The fourth-order valence-electron chi connectivity index (χ4n) is 2.90. The maximum absolute atomic E-state index is 12.2. The molecule has 0 fully saturated rings. The molecule has 0 aliphatic heterocycles. The number of phosphoric ester groups is 1. The highest BCUT2D eigenvalue weighted by molar-refractivity contribution is 7.47. The Bertz CT molecular complexity index is 870. The number of nitrogens with zero attached hydrogens (tertiary/aromatic N) is 1. The number of carboxylic acid groups (broad SMARTS) is 1. The molecule has 2 atom stereocenters. The fraction of sp³-hybridized carbons (Fsp3) is 0.538. The number of rotatable bonds is 20. The maximum Gasteiger partial charge on any atom is 0.472 e. The summed E-state index contributed by atoms with van der Waals surface area (Å²) in [6, 6.07) is 9.96. The van der Waals surface area contributed by atoms with Crippen molar-refractivity contribution in [1.29, 1.82) is 0 Å². The first kappa shape index (κ1) is 31.9. The minimum Gasteiger partial charge on any atom is -0.481 e. The van der Waals surface area contributed by atoms with Crippen molar-refractivity contribution < 1.29 is 37.9 Å². The van der Waals surface area contributed by atoms with Crippen LogP contribution in [-0.4, -0.2) is 67.9 Å². The standard InChI is InChI=1S/C26H40NO8P/c1-4-23(24-11-6-5-7-12-24)13-10-15-27-16-18-34-36(30,31)35-21-25(20-32-19-22(2)3)33-17-9-8-14-26(28)29/h4-7,10-13,15,22,25H,8-9,14,16-21H2,1-3H3,(H,28,29)(H,30,31)/b13-10-,23-4+,27-15?. The summed E-state index contributed by atoms with van der Waals surface area (Å²) in [6.45, 7) is 6.89. The van der Waals surface area contributed by atoms with Crippen molar-refractivity contribution in [3.8, 4) is 0 Å². The first-order valence-corrected chi connectivity index (χ1v) is 13.6. The van der Waals surface area contributed by atoms with Gasteiger partial charge in [-0.25, -0.2) is 4.57 Å². The Morgan fingerprint density at radius 1 is 1.08 bits per heavy atom. The second kappa shape index (κ2) is 19.0. The van der Waals surface area contributed by atoms with Gasteiger partial charge in [0.1, 0.15) is 6.10 Å². The van der Waals surface area contributed by atoms with Crippen LogP contribution in [0.25, 0.3) is 5.57 Å². The molecule has 0 saturated carbocycles. The smallest absolute Gasteiger partial charge is 0.472 e. The lowest BCUT2D eigenvalue weighted by molar-refractivity contribution is -0.137. The zero-order valence-electron chi connectivity index (χ0n) is 21.5. The number of allylic oxidation sites excluding steroid dienone is 4. The molecule has 9 nitrogen and oxygen atoms in total. The van der Waals surface area contributed by atoms with E-state index >= 15 is 0 Å². The lowest BCUT2D eigenvalue weighted by Gasteiger charge is -2.20. The number of unbranched alkanes of at least 4 members (excludes halogenated alkanes) is 1. The monoisotopic (exact) mass is 525 g/mol. The predicted octanol–water partition coefficient (Wildman–Crippen LogP) is 5.16.